The van der Waals surface area contributed by atoms with Gasteiger partial charge in [-0.3, -0.25) is 4.79 Å². The highest BCUT2D eigenvalue weighted by Gasteiger charge is 2.48. The predicted molar refractivity (Wildman–Crippen MR) is 80.6 cm³/mol. The quantitative estimate of drug-likeness (QED) is 0.825. The van der Waals surface area contributed by atoms with E-state index in [9.17, 15) is 14.7 Å². The highest BCUT2D eigenvalue weighted by molar-refractivity contribution is 9.13. The van der Waals surface area contributed by atoms with E-state index in [0.717, 1.165) is 14.7 Å². The van der Waals surface area contributed by atoms with Gasteiger partial charge in [0, 0.05) is 11.0 Å². The molecule has 0 saturated carbocycles. The smallest absolute Gasteiger partial charge is 0.329 e. The van der Waals surface area contributed by atoms with Crippen molar-refractivity contribution >= 4 is 55.1 Å². The zero-order chi connectivity index (χ0) is 14.2. The third kappa shape index (κ3) is 2.48. The number of thiophene rings is 1. The van der Waals surface area contributed by atoms with Crippen molar-refractivity contribution in [3.05, 3.63) is 19.2 Å². The summed E-state index contributed by atoms with van der Waals surface area (Å²) in [6, 6.07) is 1.73. The molecule has 1 amide bonds. The predicted octanol–water partition coefficient (Wildman–Crippen LogP) is 3.74. The molecule has 104 valence electrons. The molecule has 0 aliphatic carbocycles. The van der Waals surface area contributed by atoms with Crippen LogP contribution in [0.1, 0.15) is 35.9 Å². The van der Waals surface area contributed by atoms with E-state index in [4.69, 9.17) is 0 Å². The topological polar surface area (TPSA) is 57.6 Å². The molecule has 1 aliphatic rings. The van der Waals surface area contributed by atoms with Crippen molar-refractivity contribution in [1.29, 1.82) is 0 Å². The summed E-state index contributed by atoms with van der Waals surface area (Å²) in [5.74, 6) is -1.10. The van der Waals surface area contributed by atoms with Gasteiger partial charge in [-0.1, -0.05) is 6.92 Å². The Morgan fingerprint density at radius 1 is 1.53 bits per heavy atom. The second kappa shape index (κ2) is 5.54. The van der Waals surface area contributed by atoms with E-state index in [-0.39, 0.29) is 5.91 Å². The Balaban J connectivity index is 2.35. The van der Waals surface area contributed by atoms with Gasteiger partial charge in [-0.15, -0.1) is 11.3 Å². The molecular formula is C12H13Br2NO3S. The number of rotatable bonds is 3. The first-order chi connectivity index (χ1) is 8.92. The van der Waals surface area contributed by atoms with E-state index in [1.54, 1.807) is 6.07 Å². The summed E-state index contributed by atoms with van der Waals surface area (Å²) in [5.41, 5.74) is -1.04. The molecule has 1 unspecified atom stereocenters. The van der Waals surface area contributed by atoms with Crippen LogP contribution in [-0.4, -0.2) is 34.0 Å². The molecule has 1 N–H and O–H groups in total. The van der Waals surface area contributed by atoms with Crippen LogP contribution in [0.15, 0.2) is 14.3 Å². The molecule has 2 heterocycles. The average Bonchev–Trinajstić information content (AvgIpc) is 2.94. The van der Waals surface area contributed by atoms with Crippen molar-refractivity contribution in [2.24, 2.45) is 0 Å². The number of hydrogen-bond acceptors (Lipinski definition) is 3. The normalized spacial score (nSPS) is 22.8. The SMILES string of the molecule is CCC1(C(=O)O)CCCN1C(=O)c1cc(Br)c(Br)s1. The number of halogens is 2. The van der Waals surface area contributed by atoms with Crippen LogP contribution in [0.5, 0.6) is 0 Å². The summed E-state index contributed by atoms with van der Waals surface area (Å²) in [7, 11) is 0. The van der Waals surface area contributed by atoms with Gasteiger partial charge in [0.05, 0.1) is 8.66 Å². The summed E-state index contributed by atoms with van der Waals surface area (Å²) in [5, 5.41) is 9.48. The van der Waals surface area contributed by atoms with Crippen LogP contribution in [0.25, 0.3) is 0 Å². The van der Waals surface area contributed by atoms with Crippen molar-refractivity contribution in [2.45, 2.75) is 31.7 Å². The molecule has 1 saturated heterocycles. The summed E-state index contributed by atoms with van der Waals surface area (Å²) < 4.78 is 1.66. The fourth-order valence-corrected chi connectivity index (χ4v) is 4.49. The fraction of sp³-hybridized carbons (Fsp3) is 0.500. The molecule has 1 aromatic rings. The molecule has 7 heteroatoms. The molecular weight excluding hydrogens is 398 g/mol. The molecule has 4 nitrogen and oxygen atoms in total. The van der Waals surface area contributed by atoms with Gasteiger partial charge in [-0.2, -0.15) is 0 Å². The second-order valence-electron chi connectivity index (χ2n) is 4.48. The molecule has 2 rings (SSSR count). The Morgan fingerprint density at radius 2 is 2.21 bits per heavy atom. The van der Waals surface area contributed by atoms with Gasteiger partial charge >= 0.3 is 5.97 Å². The van der Waals surface area contributed by atoms with Gasteiger partial charge < -0.3 is 10.0 Å². The van der Waals surface area contributed by atoms with E-state index in [1.165, 1.54) is 16.2 Å². The monoisotopic (exact) mass is 409 g/mol. The number of nitrogens with zero attached hydrogens (tertiary/aromatic N) is 1. The van der Waals surface area contributed by atoms with Crippen LogP contribution in [0, 0.1) is 0 Å². The minimum absolute atomic E-state index is 0.196. The van der Waals surface area contributed by atoms with Crippen molar-refractivity contribution < 1.29 is 14.7 Å². The van der Waals surface area contributed by atoms with Crippen LogP contribution >= 0.6 is 43.2 Å². The van der Waals surface area contributed by atoms with Crippen molar-refractivity contribution in [3.8, 4) is 0 Å². The Hall–Kier alpha value is -0.400. The highest BCUT2D eigenvalue weighted by atomic mass is 79.9. The van der Waals surface area contributed by atoms with E-state index in [2.05, 4.69) is 31.9 Å². The van der Waals surface area contributed by atoms with Crippen LogP contribution in [0.2, 0.25) is 0 Å². The van der Waals surface area contributed by atoms with Crippen molar-refractivity contribution in [3.63, 3.8) is 0 Å². The lowest BCUT2D eigenvalue weighted by atomic mass is 9.93. The number of hydrogen-bond donors (Lipinski definition) is 1. The Kier molecular flexibility index (Phi) is 4.37. The lowest BCUT2D eigenvalue weighted by molar-refractivity contribution is -0.148. The highest BCUT2D eigenvalue weighted by Crippen LogP contribution is 2.38. The largest absolute Gasteiger partial charge is 0.479 e. The summed E-state index contributed by atoms with van der Waals surface area (Å²) in [6.45, 7) is 2.33. The van der Waals surface area contributed by atoms with E-state index >= 15 is 0 Å². The molecule has 0 bridgehead atoms. The molecule has 0 aromatic carbocycles. The van der Waals surface area contributed by atoms with Crippen LogP contribution in [0.4, 0.5) is 0 Å². The number of likely N-dealkylation sites (tertiary alicyclic amines) is 1. The molecule has 0 radical (unpaired) electrons. The van der Waals surface area contributed by atoms with Crippen LogP contribution in [0.3, 0.4) is 0 Å². The summed E-state index contributed by atoms with van der Waals surface area (Å²) >= 11 is 8.01. The van der Waals surface area contributed by atoms with E-state index < -0.39 is 11.5 Å². The van der Waals surface area contributed by atoms with E-state index in [1.807, 2.05) is 6.92 Å². The maximum atomic E-state index is 12.5. The lowest BCUT2D eigenvalue weighted by Gasteiger charge is -2.33. The first kappa shape index (κ1) is 15.0. The number of carbonyl (C=O) groups excluding carboxylic acids is 1. The minimum Gasteiger partial charge on any atom is -0.479 e. The van der Waals surface area contributed by atoms with Gasteiger partial charge in [0.1, 0.15) is 5.54 Å². The van der Waals surface area contributed by atoms with Gasteiger partial charge in [0.25, 0.3) is 5.91 Å². The zero-order valence-electron chi connectivity index (χ0n) is 10.3. The maximum Gasteiger partial charge on any atom is 0.329 e. The number of carboxylic acid groups (broad SMARTS) is 1. The lowest BCUT2D eigenvalue weighted by Crippen LogP contribution is -2.52. The average molecular weight is 411 g/mol. The fourth-order valence-electron chi connectivity index (χ4n) is 2.50. The number of amides is 1. The molecule has 19 heavy (non-hydrogen) atoms. The van der Waals surface area contributed by atoms with Gasteiger partial charge in [-0.25, -0.2) is 4.79 Å². The maximum absolute atomic E-state index is 12.5. The van der Waals surface area contributed by atoms with Gasteiger partial charge in [0.2, 0.25) is 0 Å². The third-order valence-corrected chi connectivity index (χ3v) is 6.82. The van der Waals surface area contributed by atoms with Gasteiger partial charge in [0.15, 0.2) is 0 Å². The minimum atomic E-state index is -1.04. The van der Waals surface area contributed by atoms with Crippen LogP contribution < -0.4 is 0 Å². The first-order valence-electron chi connectivity index (χ1n) is 5.92. The van der Waals surface area contributed by atoms with Crippen LogP contribution in [-0.2, 0) is 4.79 Å². The number of carboxylic acids is 1. The van der Waals surface area contributed by atoms with Gasteiger partial charge in [-0.05, 0) is 57.2 Å². The second-order valence-corrected chi connectivity index (χ2v) is 7.71. The standard InChI is InChI=1S/C12H13Br2NO3S/c1-2-12(11(17)18)4-3-5-15(12)10(16)8-6-7(13)9(14)19-8/h6H,2-5H2,1H3,(H,17,18). The molecule has 1 atom stereocenters. The summed E-state index contributed by atoms with van der Waals surface area (Å²) in [6.07, 6.45) is 1.69. The Morgan fingerprint density at radius 3 is 2.68 bits per heavy atom. The number of aliphatic carboxylic acids is 1. The zero-order valence-corrected chi connectivity index (χ0v) is 14.3. The molecule has 1 aromatic heterocycles. The third-order valence-electron chi connectivity index (χ3n) is 3.57. The van der Waals surface area contributed by atoms with E-state index in [0.29, 0.717) is 24.3 Å². The van der Waals surface area contributed by atoms with Crippen molar-refractivity contribution in [2.75, 3.05) is 6.54 Å². The first-order valence-corrected chi connectivity index (χ1v) is 8.33. The number of carbonyl (C=O) groups is 2. The van der Waals surface area contributed by atoms with Crippen molar-refractivity contribution in [1.82, 2.24) is 4.90 Å². The molecule has 1 aliphatic heterocycles. The molecule has 1 fully saturated rings. The molecule has 0 spiro atoms. The summed E-state index contributed by atoms with van der Waals surface area (Å²) in [4.78, 5) is 26.2. The Labute approximate surface area is 132 Å². The Bertz CT molecular complexity index is 512.